The first-order valence-electron chi connectivity index (χ1n) is 10.1. The minimum atomic E-state index is 0.574. The van der Waals surface area contributed by atoms with Crippen LogP contribution in [0.2, 0.25) is 0 Å². The number of nitrogens with one attached hydrogen (secondary N) is 1. The molecule has 0 aliphatic rings. The van der Waals surface area contributed by atoms with Crippen molar-refractivity contribution in [2.75, 3.05) is 34.4 Å². The van der Waals surface area contributed by atoms with Crippen molar-refractivity contribution in [3.63, 3.8) is 0 Å². The molecule has 0 bridgehead atoms. The van der Waals surface area contributed by atoms with Crippen molar-refractivity contribution in [3.8, 4) is 11.5 Å². The number of aliphatic imine (C=N–C) groups is 1. The summed E-state index contributed by atoms with van der Waals surface area (Å²) < 4.78 is 12.9. The van der Waals surface area contributed by atoms with E-state index in [-0.39, 0.29) is 0 Å². The molecule has 0 unspecified atom stereocenters. The summed E-state index contributed by atoms with van der Waals surface area (Å²) in [4.78, 5) is 6.82. The Hall–Kier alpha value is -3.03. The van der Waals surface area contributed by atoms with Crippen LogP contribution in [0.4, 0.5) is 0 Å². The third kappa shape index (κ3) is 6.23. The summed E-state index contributed by atoms with van der Waals surface area (Å²) in [5.74, 6) is 3.25. The van der Waals surface area contributed by atoms with Crippen molar-refractivity contribution in [1.29, 1.82) is 0 Å². The quantitative estimate of drug-likeness (QED) is 0.366. The third-order valence-corrected chi connectivity index (χ3v) is 4.76. The molecule has 164 valence electrons. The summed E-state index contributed by atoms with van der Waals surface area (Å²) in [6, 6.07) is 4.02. The van der Waals surface area contributed by atoms with Gasteiger partial charge in [-0.1, -0.05) is 19.1 Å². The van der Waals surface area contributed by atoms with Crippen molar-refractivity contribution in [2.24, 2.45) is 4.99 Å². The topological polar surface area (TPSA) is 76.8 Å². The lowest BCUT2D eigenvalue weighted by atomic mass is 10.1. The molecule has 8 nitrogen and oxygen atoms in total. The van der Waals surface area contributed by atoms with Crippen LogP contribution in [0.3, 0.4) is 0 Å². The first-order valence-corrected chi connectivity index (χ1v) is 10.1. The maximum absolute atomic E-state index is 5.47. The number of guanidine groups is 1. The average Bonchev–Trinajstić information content (AvgIpc) is 3.18. The highest BCUT2D eigenvalue weighted by molar-refractivity contribution is 5.80. The smallest absolute Gasteiger partial charge is 0.194 e. The Morgan fingerprint density at radius 3 is 2.60 bits per heavy atom. The van der Waals surface area contributed by atoms with Crippen molar-refractivity contribution in [3.05, 3.63) is 47.6 Å². The van der Waals surface area contributed by atoms with Gasteiger partial charge in [0, 0.05) is 33.1 Å². The minimum Gasteiger partial charge on any atom is -0.493 e. The van der Waals surface area contributed by atoms with E-state index in [4.69, 9.17) is 14.5 Å². The highest BCUT2D eigenvalue weighted by Crippen LogP contribution is 2.30. The summed E-state index contributed by atoms with van der Waals surface area (Å²) in [6.07, 6.45) is 2.62. The molecular formula is C22H34N6O2. The standard InChI is InChI=1S/C22H34N6O2/c1-8-21-26-25-15-28(21)10-9-23-22(24-13-16(2)3)27(5)14-18-12-20(30-7)19(29-6)11-17(18)4/h11-12,15H,2,8-10,13-14H2,1,3-7H3,(H,23,24). The normalized spacial score (nSPS) is 11.3. The second kappa shape index (κ2) is 11.2. The molecule has 0 atom stereocenters. The number of hydrogen-bond donors (Lipinski definition) is 1. The van der Waals surface area contributed by atoms with Crippen molar-refractivity contribution >= 4 is 5.96 Å². The fraction of sp³-hybridized carbons (Fsp3) is 0.500. The Balaban J connectivity index is 2.12. The number of aromatic nitrogens is 3. The Morgan fingerprint density at radius 2 is 1.97 bits per heavy atom. The zero-order valence-corrected chi connectivity index (χ0v) is 19.0. The van der Waals surface area contributed by atoms with Crippen LogP contribution in [-0.4, -0.2) is 60.0 Å². The van der Waals surface area contributed by atoms with Gasteiger partial charge in [0.25, 0.3) is 0 Å². The molecule has 0 saturated carbocycles. The Morgan fingerprint density at radius 1 is 1.27 bits per heavy atom. The Kier molecular flexibility index (Phi) is 8.70. The van der Waals surface area contributed by atoms with Crippen molar-refractivity contribution in [1.82, 2.24) is 25.0 Å². The van der Waals surface area contributed by atoms with E-state index in [9.17, 15) is 0 Å². The van der Waals surface area contributed by atoms with Gasteiger partial charge < -0.3 is 24.3 Å². The molecule has 2 aromatic rings. The predicted octanol–water partition coefficient (Wildman–Crippen LogP) is 2.82. The molecule has 0 amide bonds. The molecule has 30 heavy (non-hydrogen) atoms. The second-order valence-corrected chi connectivity index (χ2v) is 7.31. The molecule has 0 aliphatic heterocycles. The molecular weight excluding hydrogens is 380 g/mol. The number of hydrogen-bond acceptors (Lipinski definition) is 5. The summed E-state index contributed by atoms with van der Waals surface area (Å²) in [7, 11) is 5.32. The highest BCUT2D eigenvalue weighted by atomic mass is 16.5. The maximum atomic E-state index is 5.47. The number of rotatable bonds is 10. The van der Waals surface area contributed by atoms with E-state index in [1.54, 1.807) is 20.5 Å². The molecule has 8 heteroatoms. The lowest BCUT2D eigenvalue weighted by Crippen LogP contribution is -2.40. The second-order valence-electron chi connectivity index (χ2n) is 7.31. The van der Waals surface area contributed by atoms with Crippen LogP contribution in [0.15, 0.2) is 35.6 Å². The zero-order chi connectivity index (χ0) is 22.1. The summed E-state index contributed by atoms with van der Waals surface area (Å²) >= 11 is 0. The van der Waals surface area contributed by atoms with Crippen LogP contribution in [-0.2, 0) is 19.5 Å². The summed E-state index contributed by atoms with van der Waals surface area (Å²) in [5, 5.41) is 11.6. The maximum Gasteiger partial charge on any atom is 0.194 e. The van der Waals surface area contributed by atoms with Crippen molar-refractivity contribution in [2.45, 2.75) is 40.3 Å². The fourth-order valence-electron chi connectivity index (χ4n) is 3.07. The molecule has 0 fully saturated rings. The van der Waals surface area contributed by atoms with Gasteiger partial charge in [0.05, 0.1) is 20.8 Å². The van der Waals surface area contributed by atoms with Gasteiger partial charge in [0.15, 0.2) is 17.5 Å². The van der Waals surface area contributed by atoms with E-state index in [0.717, 1.165) is 59.5 Å². The monoisotopic (exact) mass is 414 g/mol. The van der Waals surface area contributed by atoms with E-state index < -0.39 is 0 Å². The van der Waals surface area contributed by atoms with Crippen molar-refractivity contribution < 1.29 is 9.47 Å². The van der Waals surface area contributed by atoms with Crippen LogP contribution in [0.5, 0.6) is 11.5 Å². The van der Waals surface area contributed by atoms with E-state index >= 15 is 0 Å². The van der Waals surface area contributed by atoms with E-state index in [1.807, 2.05) is 26.1 Å². The van der Waals surface area contributed by atoms with Crippen LogP contribution >= 0.6 is 0 Å². The van der Waals surface area contributed by atoms with Gasteiger partial charge in [-0.25, -0.2) is 4.99 Å². The van der Waals surface area contributed by atoms with Gasteiger partial charge in [0.1, 0.15) is 12.2 Å². The first kappa shape index (κ1) is 23.3. The van der Waals surface area contributed by atoms with E-state index in [0.29, 0.717) is 13.1 Å². The fourth-order valence-corrected chi connectivity index (χ4v) is 3.07. The highest BCUT2D eigenvalue weighted by Gasteiger charge is 2.13. The molecule has 1 aromatic heterocycles. The van der Waals surface area contributed by atoms with Crippen LogP contribution in [0, 0.1) is 6.92 Å². The van der Waals surface area contributed by atoms with Gasteiger partial charge in [-0.3, -0.25) is 0 Å². The number of methoxy groups -OCH3 is 2. The number of benzene rings is 1. The zero-order valence-electron chi connectivity index (χ0n) is 19.0. The molecule has 0 spiro atoms. The third-order valence-electron chi connectivity index (χ3n) is 4.76. The lowest BCUT2D eigenvalue weighted by molar-refractivity contribution is 0.353. The number of ether oxygens (including phenoxy) is 2. The van der Waals surface area contributed by atoms with Gasteiger partial charge in [0.2, 0.25) is 0 Å². The van der Waals surface area contributed by atoms with Crippen LogP contribution in [0.25, 0.3) is 0 Å². The molecule has 1 aromatic carbocycles. The van der Waals surface area contributed by atoms with E-state index in [2.05, 4.69) is 45.4 Å². The summed E-state index contributed by atoms with van der Waals surface area (Å²) in [6.45, 7) is 12.8. The molecule has 0 radical (unpaired) electrons. The van der Waals surface area contributed by atoms with Gasteiger partial charge in [-0.2, -0.15) is 0 Å². The van der Waals surface area contributed by atoms with Gasteiger partial charge >= 0.3 is 0 Å². The molecule has 2 rings (SSSR count). The van der Waals surface area contributed by atoms with Crippen LogP contribution < -0.4 is 14.8 Å². The molecule has 1 heterocycles. The Labute approximate surface area is 179 Å². The predicted molar refractivity (Wildman–Crippen MR) is 120 cm³/mol. The number of aryl methyl sites for hydroxylation is 2. The van der Waals surface area contributed by atoms with Gasteiger partial charge in [-0.05, 0) is 37.1 Å². The molecule has 0 saturated heterocycles. The first-order chi connectivity index (χ1) is 14.4. The minimum absolute atomic E-state index is 0.574. The van der Waals surface area contributed by atoms with E-state index in [1.165, 1.54) is 0 Å². The SMILES string of the molecule is C=C(C)CN=C(NCCn1cnnc1CC)N(C)Cc1cc(OC)c(OC)cc1C. The number of nitrogens with zero attached hydrogens (tertiary/aromatic N) is 5. The Bertz CT molecular complexity index is 875. The summed E-state index contributed by atoms with van der Waals surface area (Å²) in [5.41, 5.74) is 3.29. The molecule has 0 aliphatic carbocycles. The lowest BCUT2D eigenvalue weighted by Gasteiger charge is -2.24. The van der Waals surface area contributed by atoms with Gasteiger partial charge in [-0.15, -0.1) is 10.2 Å². The average molecular weight is 415 g/mol. The van der Waals surface area contributed by atoms with Crippen LogP contribution in [0.1, 0.15) is 30.8 Å². The largest absolute Gasteiger partial charge is 0.493 e. The molecule has 1 N–H and O–H groups in total.